The largest absolute Gasteiger partial charge is 0.393 e. The zero-order valence-electron chi connectivity index (χ0n) is 11.3. The Hall–Kier alpha value is -1.97. The molecule has 4 nitrogen and oxygen atoms in total. The van der Waals surface area contributed by atoms with Crippen molar-refractivity contribution in [2.45, 2.75) is 27.2 Å². The second kappa shape index (κ2) is 4.37. The van der Waals surface area contributed by atoms with E-state index in [1.807, 2.05) is 44.6 Å². The lowest BCUT2D eigenvalue weighted by Gasteiger charge is -2.10. The van der Waals surface area contributed by atoms with Gasteiger partial charge in [0.15, 0.2) is 0 Å². The Labute approximate surface area is 107 Å². The molecule has 0 spiro atoms. The third-order valence-electron chi connectivity index (χ3n) is 3.21. The first-order valence-corrected chi connectivity index (χ1v) is 6.10. The first kappa shape index (κ1) is 12.5. The van der Waals surface area contributed by atoms with Crippen LogP contribution < -0.4 is 11.3 Å². The molecule has 0 aliphatic heterocycles. The summed E-state index contributed by atoms with van der Waals surface area (Å²) in [5.74, 6) is 0. The monoisotopic (exact) mass is 245 g/mol. The molecule has 0 atom stereocenters. The van der Waals surface area contributed by atoms with Crippen molar-refractivity contribution in [3.05, 3.63) is 45.4 Å². The molecule has 1 aromatic carbocycles. The predicted octanol–water partition coefficient (Wildman–Crippen LogP) is 1.94. The Balaban J connectivity index is 2.75. The van der Waals surface area contributed by atoms with Crippen LogP contribution >= 0.6 is 0 Å². The fraction of sp³-hybridized carbons (Fsp3) is 0.357. The molecule has 2 N–H and O–H groups in total. The summed E-state index contributed by atoms with van der Waals surface area (Å²) in [6, 6.07) is 6.07. The minimum Gasteiger partial charge on any atom is -0.393 e. The van der Waals surface area contributed by atoms with E-state index >= 15 is 0 Å². The van der Waals surface area contributed by atoms with E-state index in [-0.39, 0.29) is 5.56 Å². The van der Waals surface area contributed by atoms with Gasteiger partial charge in [0, 0.05) is 7.05 Å². The van der Waals surface area contributed by atoms with Gasteiger partial charge in [-0.25, -0.2) is 4.68 Å². The molecule has 0 saturated heterocycles. The van der Waals surface area contributed by atoms with E-state index in [2.05, 4.69) is 6.07 Å². The molecular weight excluding hydrogens is 226 g/mol. The van der Waals surface area contributed by atoms with E-state index < -0.39 is 0 Å². The molecule has 0 aliphatic carbocycles. The van der Waals surface area contributed by atoms with E-state index in [1.54, 1.807) is 4.68 Å². The fourth-order valence-corrected chi connectivity index (χ4v) is 2.45. The molecule has 2 aromatic rings. The highest BCUT2D eigenvalue weighted by atomic mass is 16.1. The standard InChI is InChI=1S/C14H19N3O/c1-5-12-13(15)14(18)17(16(12)4)11-7-9(2)6-10(3)8-11/h6-8H,5,15H2,1-4H3. The zero-order valence-corrected chi connectivity index (χ0v) is 11.3. The third kappa shape index (κ3) is 1.83. The minimum atomic E-state index is -0.139. The van der Waals surface area contributed by atoms with Crippen molar-refractivity contribution >= 4 is 5.69 Å². The lowest BCUT2D eigenvalue weighted by molar-refractivity contribution is 0.618. The maximum Gasteiger partial charge on any atom is 0.294 e. The number of rotatable bonds is 2. The average Bonchev–Trinajstić information content (AvgIpc) is 2.48. The molecule has 96 valence electrons. The number of hydrogen-bond donors (Lipinski definition) is 1. The average molecular weight is 245 g/mol. The number of anilines is 1. The molecule has 0 aliphatic rings. The van der Waals surface area contributed by atoms with Crippen molar-refractivity contribution in [1.29, 1.82) is 0 Å². The molecule has 0 bridgehead atoms. The third-order valence-corrected chi connectivity index (χ3v) is 3.21. The van der Waals surface area contributed by atoms with Gasteiger partial charge in [-0.3, -0.25) is 9.48 Å². The Bertz CT molecular complexity index is 630. The van der Waals surface area contributed by atoms with Crippen LogP contribution in [0.5, 0.6) is 0 Å². The SMILES string of the molecule is CCc1c(N)c(=O)n(-c2cc(C)cc(C)c2)n1C. The molecule has 1 aromatic heterocycles. The number of nitrogens with zero attached hydrogens (tertiary/aromatic N) is 2. The lowest BCUT2D eigenvalue weighted by Crippen LogP contribution is -2.20. The van der Waals surface area contributed by atoms with Crippen molar-refractivity contribution in [2.24, 2.45) is 7.05 Å². The Kier molecular flexibility index (Phi) is 3.03. The van der Waals surface area contributed by atoms with Crippen molar-refractivity contribution in [3.8, 4) is 5.69 Å². The molecule has 1 heterocycles. The van der Waals surface area contributed by atoms with Crippen LogP contribution in [-0.4, -0.2) is 9.36 Å². The van der Waals surface area contributed by atoms with E-state index in [4.69, 9.17) is 5.73 Å². The van der Waals surface area contributed by atoms with Crippen LogP contribution in [0.25, 0.3) is 5.69 Å². The van der Waals surface area contributed by atoms with Gasteiger partial charge in [0.25, 0.3) is 5.56 Å². The summed E-state index contributed by atoms with van der Waals surface area (Å²) in [7, 11) is 1.87. The smallest absolute Gasteiger partial charge is 0.294 e. The molecule has 4 heteroatoms. The summed E-state index contributed by atoms with van der Waals surface area (Å²) in [5.41, 5.74) is 10.1. The van der Waals surface area contributed by atoms with Crippen LogP contribution in [0, 0.1) is 13.8 Å². The number of benzene rings is 1. The summed E-state index contributed by atoms with van der Waals surface area (Å²) in [5, 5.41) is 0. The Morgan fingerprint density at radius 1 is 1.17 bits per heavy atom. The summed E-state index contributed by atoms with van der Waals surface area (Å²) in [4.78, 5) is 12.2. The maximum atomic E-state index is 12.2. The summed E-state index contributed by atoms with van der Waals surface area (Å²) < 4.78 is 3.47. The maximum absolute atomic E-state index is 12.2. The van der Waals surface area contributed by atoms with Gasteiger partial charge in [-0.1, -0.05) is 13.0 Å². The highest BCUT2D eigenvalue weighted by molar-refractivity contribution is 5.47. The second-order valence-electron chi connectivity index (χ2n) is 4.70. The molecule has 0 amide bonds. The van der Waals surface area contributed by atoms with Gasteiger partial charge in [0.05, 0.1) is 11.4 Å². The number of aryl methyl sites for hydroxylation is 2. The molecule has 0 radical (unpaired) electrons. The fourth-order valence-electron chi connectivity index (χ4n) is 2.45. The van der Waals surface area contributed by atoms with Gasteiger partial charge >= 0.3 is 0 Å². The number of nitrogen functional groups attached to an aromatic ring is 1. The molecule has 18 heavy (non-hydrogen) atoms. The van der Waals surface area contributed by atoms with Crippen molar-refractivity contribution in [3.63, 3.8) is 0 Å². The minimum absolute atomic E-state index is 0.139. The Morgan fingerprint density at radius 3 is 2.17 bits per heavy atom. The van der Waals surface area contributed by atoms with Crippen molar-refractivity contribution in [1.82, 2.24) is 9.36 Å². The molecule has 0 unspecified atom stereocenters. The first-order valence-electron chi connectivity index (χ1n) is 6.10. The molecule has 0 saturated carbocycles. The van der Waals surface area contributed by atoms with Crippen LogP contribution in [0.3, 0.4) is 0 Å². The van der Waals surface area contributed by atoms with E-state index in [1.165, 1.54) is 0 Å². The molecule has 0 fully saturated rings. The highest BCUT2D eigenvalue weighted by Crippen LogP contribution is 2.15. The summed E-state index contributed by atoms with van der Waals surface area (Å²) in [6.45, 7) is 6.04. The predicted molar refractivity (Wildman–Crippen MR) is 74.3 cm³/mol. The van der Waals surface area contributed by atoms with E-state index in [0.717, 1.165) is 28.9 Å². The zero-order chi connectivity index (χ0) is 13.4. The molecule has 2 rings (SSSR count). The van der Waals surface area contributed by atoms with Crippen LogP contribution in [0.15, 0.2) is 23.0 Å². The number of aromatic nitrogens is 2. The van der Waals surface area contributed by atoms with Gasteiger partial charge in [-0.15, -0.1) is 0 Å². The summed E-state index contributed by atoms with van der Waals surface area (Å²) >= 11 is 0. The van der Waals surface area contributed by atoms with Crippen LogP contribution in [0.2, 0.25) is 0 Å². The number of hydrogen-bond acceptors (Lipinski definition) is 2. The van der Waals surface area contributed by atoms with Gasteiger partial charge < -0.3 is 5.73 Å². The summed E-state index contributed by atoms with van der Waals surface area (Å²) in [6.07, 6.45) is 0.745. The quantitative estimate of drug-likeness (QED) is 0.879. The van der Waals surface area contributed by atoms with Gasteiger partial charge in [-0.2, -0.15) is 0 Å². The first-order chi connectivity index (χ1) is 8.45. The van der Waals surface area contributed by atoms with Crippen LogP contribution in [-0.2, 0) is 13.5 Å². The molecular formula is C14H19N3O. The van der Waals surface area contributed by atoms with Crippen LogP contribution in [0.4, 0.5) is 5.69 Å². The second-order valence-corrected chi connectivity index (χ2v) is 4.70. The van der Waals surface area contributed by atoms with Crippen LogP contribution in [0.1, 0.15) is 23.7 Å². The number of nitrogens with two attached hydrogens (primary N) is 1. The highest BCUT2D eigenvalue weighted by Gasteiger charge is 2.15. The van der Waals surface area contributed by atoms with Gasteiger partial charge in [-0.05, 0) is 43.5 Å². The van der Waals surface area contributed by atoms with Crippen molar-refractivity contribution in [2.75, 3.05) is 5.73 Å². The normalized spacial score (nSPS) is 10.9. The van der Waals surface area contributed by atoms with E-state index in [9.17, 15) is 4.79 Å². The van der Waals surface area contributed by atoms with Gasteiger partial charge in [0.2, 0.25) is 0 Å². The topological polar surface area (TPSA) is 53.0 Å². The van der Waals surface area contributed by atoms with Crippen molar-refractivity contribution < 1.29 is 0 Å². The lowest BCUT2D eigenvalue weighted by atomic mass is 10.1. The van der Waals surface area contributed by atoms with E-state index in [0.29, 0.717) is 5.69 Å². The van der Waals surface area contributed by atoms with Gasteiger partial charge in [0.1, 0.15) is 5.69 Å². The Morgan fingerprint density at radius 2 is 1.72 bits per heavy atom.